The molecule has 0 amide bonds. The minimum atomic E-state index is 0.212. The number of hydrogen-bond donors (Lipinski definition) is 1. The Hall–Kier alpha value is -0.120. The highest BCUT2D eigenvalue weighted by Gasteiger charge is 2.36. The van der Waals surface area contributed by atoms with Crippen LogP contribution in [0.5, 0.6) is 0 Å². The van der Waals surface area contributed by atoms with E-state index in [4.69, 9.17) is 4.74 Å². The lowest BCUT2D eigenvalue weighted by Crippen LogP contribution is -2.59. The lowest BCUT2D eigenvalue weighted by molar-refractivity contribution is -0.0573. The Balaban J connectivity index is 1.55. The van der Waals surface area contributed by atoms with Gasteiger partial charge in [-0.05, 0) is 45.4 Å². The van der Waals surface area contributed by atoms with Crippen molar-refractivity contribution in [3.63, 3.8) is 0 Å². The van der Waals surface area contributed by atoms with Crippen LogP contribution in [0.1, 0.15) is 52.4 Å². The van der Waals surface area contributed by atoms with Crippen molar-refractivity contribution in [1.82, 2.24) is 10.2 Å². The maximum absolute atomic E-state index is 5.63. The first-order chi connectivity index (χ1) is 9.15. The number of piperidine rings is 1. The molecule has 2 saturated heterocycles. The van der Waals surface area contributed by atoms with Crippen molar-refractivity contribution in [3.8, 4) is 0 Å². The van der Waals surface area contributed by atoms with Crippen molar-refractivity contribution in [1.29, 1.82) is 0 Å². The van der Waals surface area contributed by atoms with Crippen LogP contribution in [0.15, 0.2) is 0 Å². The van der Waals surface area contributed by atoms with E-state index in [9.17, 15) is 0 Å². The Labute approximate surface area is 118 Å². The van der Waals surface area contributed by atoms with E-state index in [1.807, 2.05) is 0 Å². The maximum atomic E-state index is 5.63. The van der Waals surface area contributed by atoms with E-state index in [0.717, 1.165) is 31.7 Å². The van der Waals surface area contributed by atoms with E-state index in [1.54, 1.807) is 0 Å². The Morgan fingerprint density at radius 2 is 2.00 bits per heavy atom. The molecule has 1 N–H and O–H groups in total. The van der Waals surface area contributed by atoms with Crippen molar-refractivity contribution < 1.29 is 4.74 Å². The first kappa shape index (κ1) is 13.8. The fraction of sp³-hybridized carbons (Fsp3) is 1.00. The first-order valence-corrected chi connectivity index (χ1v) is 8.24. The number of ether oxygens (including phenoxy) is 1. The third-order valence-electron chi connectivity index (χ3n) is 5.50. The van der Waals surface area contributed by atoms with Crippen LogP contribution >= 0.6 is 0 Å². The molecule has 3 rings (SSSR count). The summed E-state index contributed by atoms with van der Waals surface area (Å²) in [5.74, 6) is 0.975. The van der Waals surface area contributed by atoms with Gasteiger partial charge < -0.3 is 10.1 Å². The van der Waals surface area contributed by atoms with Crippen LogP contribution in [0.3, 0.4) is 0 Å². The standard InChI is InChI=1S/C16H30N2O/c1-16(2)12-19-10-9-18(16)11-14-8-7-13-5-3-4-6-15(13)17-14/h13-15,17H,3-12H2,1-2H3. The molecule has 0 aromatic carbocycles. The highest BCUT2D eigenvalue weighted by Crippen LogP contribution is 2.33. The molecule has 2 heterocycles. The number of rotatable bonds is 2. The molecule has 3 atom stereocenters. The molecular formula is C16H30N2O. The van der Waals surface area contributed by atoms with E-state index in [2.05, 4.69) is 24.1 Å². The molecule has 19 heavy (non-hydrogen) atoms. The van der Waals surface area contributed by atoms with Gasteiger partial charge in [0.2, 0.25) is 0 Å². The highest BCUT2D eigenvalue weighted by molar-refractivity contribution is 4.93. The van der Waals surface area contributed by atoms with Gasteiger partial charge in [0.05, 0.1) is 13.2 Å². The summed E-state index contributed by atoms with van der Waals surface area (Å²) in [5, 5.41) is 3.96. The second-order valence-corrected chi connectivity index (χ2v) is 7.40. The van der Waals surface area contributed by atoms with Gasteiger partial charge in [-0.2, -0.15) is 0 Å². The molecule has 0 spiro atoms. The first-order valence-electron chi connectivity index (χ1n) is 8.24. The molecule has 0 aromatic heterocycles. The van der Waals surface area contributed by atoms with Gasteiger partial charge in [-0.15, -0.1) is 0 Å². The van der Waals surface area contributed by atoms with Crippen molar-refractivity contribution >= 4 is 0 Å². The zero-order chi connectivity index (χ0) is 13.3. The fourth-order valence-corrected chi connectivity index (χ4v) is 4.21. The Morgan fingerprint density at radius 3 is 2.84 bits per heavy atom. The molecule has 0 bridgehead atoms. The normalized spacial score (nSPS) is 39.8. The van der Waals surface area contributed by atoms with Crippen molar-refractivity contribution in [2.75, 3.05) is 26.3 Å². The van der Waals surface area contributed by atoms with Crippen LogP contribution in [0.4, 0.5) is 0 Å². The SMILES string of the molecule is CC1(C)COCCN1CC1CCC2CCCCC2N1. The fourth-order valence-electron chi connectivity index (χ4n) is 4.21. The predicted octanol–water partition coefficient (Wildman–Crippen LogP) is 2.41. The van der Waals surface area contributed by atoms with Crippen molar-refractivity contribution in [2.45, 2.75) is 70.0 Å². The zero-order valence-electron chi connectivity index (χ0n) is 12.7. The number of fused-ring (bicyclic) bond motifs is 1. The number of nitrogens with zero attached hydrogens (tertiary/aromatic N) is 1. The predicted molar refractivity (Wildman–Crippen MR) is 78.4 cm³/mol. The summed E-state index contributed by atoms with van der Waals surface area (Å²) in [6.07, 6.45) is 8.59. The monoisotopic (exact) mass is 266 g/mol. The Kier molecular flexibility index (Phi) is 4.16. The molecule has 1 saturated carbocycles. The molecular weight excluding hydrogens is 236 g/mol. The molecule has 2 aliphatic heterocycles. The topological polar surface area (TPSA) is 24.5 Å². The second kappa shape index (κ2) is 5.71. The van der Waals surface area contributed by atoms with E-state index in [0.29, 0.717) is 6.04 Å². The molecule has 3 unspecified atom stereocenters. The molecule has 0 radical (unpaired) electrons. The minimum Gasteiger partial charge on any atom is -0.378 e. The van der Waals surface area contributed by atoms with Gasteiger partial charge in [0.15, 0.2) is 0 Å². The Morgan fingerprint density at radius 1 is 1.16 bits per heavy atom. The molecule has 3 nitrogen and oxygen atoms in total. The summed E-state index contributed by atoms with van der Waals surface area (Å²) >= 11 is 0. The third kappa shape index (κ3) is 3.14. The lowest BCUT2D eigenvalue weighted by Gasteiger charge is -2.47. The van der Waals surface area contributed by atoms with E-state index >= 15 is 0 Å². The summed E-state index contributed by atoms with van der Waals surface area (Å²) in [6, 6.07) is 1.52. The average molecular weight is 266 g/mol. The lowest BCUT2D eigenvalue weighted by atomic mass is 9.77. The van der Waals surface area contributed by atoms with Crippen LogP contribution in [0, 0.1) is 5.92 Å². The molecule has 110 valence electrons. The summed E-state index contributed by atoms with van der Waals surface area (Å²) in [5.41, 5.74) is 0.212. The summed E-state index contributed by atoms with van der Waals surface area (Å²) < 4.78 is 5.63. The summed E-state index contributed by atoms with van der Waals surface area (Å²) in [7, 11) is 0. The molecule has 3 heteroatoms. The molecule has 0 aromatic rings. The second-order valence-electron chi connectivity index (χ2n) is 7.40. The van der Waals surface area contributed by atoms with Crippen LogP contribution in [0.25, 0.3) is 0 Å². The van der Waals surface area contributed by atoms with Gasteiger partial charge in [0.25, 0.3) is 0 Å². The highest BCUT2D eigenvalue weighted by atomic mass is 16.5. The van der Waals surface area contributed by atoms with Gasteiger partial charge >= 0.3 is 0 Å². The summed E-state index contributed by atoms with van der Waals surface area (Å²) in [6.45, 7) is 8.73. The van der Waals surface area contributed by atoms with Crippen LogP contribution in [0.2, 0.25) is 0 Å². The molecule has 3 fully saturated rings. The summed E-state index contributed by atoms with van der Waals surface area (Å²) in [4.78, 5) is 2.64. The van der Waals surface area contributed by atoms with Crippen LogP contribution < -0.4 is 5.32 Å². The maximum Gasteiger partial charge on any atom is 0.0645 e. The van der Waals surface area contributed by atoms with E-state index in [-0.39, 0.29) is 5.54 Å². The quantitative estimate of drug-likeness (QED) is 0.830. The van der Waals surface area contributed by atoms with Gasteiger partial charge in [0.1, 0.15) is 0 Å². The largest absolute Gasteiger partial charge is 0.378 e. The number of morpholine rings is 1. The van der Waals surface area contributed by atoms with Crippen LogP contribution in [-0.2, 0) is 4.74 Å². The van der Waals surface area contributed by atoms with Crippen molar-refractivity contribution in [3.05, 3.63) is 0 Å². The van der Waals surface area contributed by atoms with Gasteiger partial charge in [-0.1, -0.05) is 12.8 Å². The van der Waals surface area contributed by atoms with Gasteiger partial charge in [0, 0.05) is 30.7 Å². The minimum absolute atomic E-state index is 0.212. The number of hydrogen-bond acceptors (Lipinski definition) is 3. The smallest absolute Gasteiger partial charge is 0.0645 e. The van der Waals surface area contributed by atoms with Crippen molar-refractivity contribution in [2.24, 2.45) is 5.92 Å². The Bertz CT molecular complexity index is 305. The molecule has 3 aliphatic rings. The average Bonchev–Trinajstić information content (AvgIpc) is 2.41. The van der Waals surface area contributed by atoms with E-state index in [1.165, 1.54) is 45.1 Å². The van der Waals surface area contributed by atoms with Crippen LogP contribution in [-0.4, -0.2) is 48.8 Å². The zero-order valence-corrected chi connectivity index (χ0v) is 12.7. The third-order valence-corrected chi connectivity index (χ3v) is 5.50. The number of nitrogens with one attached hydrogen (secondary N) is 1. The van der Waals surface area contributed by atoms with Gasteiger partial charge in [-0.25, -0.2) is 0 Å². The van der Waals surface area contributed by atoms with Gasteiger partial charge in [-0.3, -0.25) is 4.90 Å². The molecule has 1 aliphatic carbocycles. The van der Waals surface area contributed by atoms with E-state index < -0.39 is 0 Å².